The molecule has 0 saturated heterocycles. The molecule has 1 aromatic heterocycles. The summed E-state index contributed by atoms with van der Waals surface area (Å²) in [6.45, 7) is 1.75. The van der Waals surface area contributed by atoms with Gasteiger partial charge in [-0.25, -0.2) is 9.07 Å². The summed E-state index contributed by atoms with van der Waals surface area (Å²) < 4.78 is 14.5. The molecule has 28 heavy (non-hydrogen) atoms. The highest BCUT2D eigenvalue weighted by Gasteiger charge is 2.19. The van der Waals surface area contributed by atoms with E-state index in [1.54, 1.807) is 31.2 Å². The number of aromatic nitrogens is 3. The lowest BCUT2D eigenvalue weighted by atomic mass is 10.1. The molecule has 0 aliphatic rings. The molecule has 0 atom stereocenters. The predicted octanol–water partition coefficient (Wildman–Crippen LogP) is 2.33. The van der Waals surface area contributed by atoms with Crippen LogP contribution in [0.15, 0.2) is 48.5 Å². The number of carbonyl (C=O) groups excluding carboxylic acids is 2. The lowest BCUT2D eigenvalue weighted by Gasteiger charge is -2.10. The Bertz CT molecular complexity index is 1070. The van der Waals surface area contributed by atoms with Crippen molar-refractivity contribution in [1.82, 2.24) is 20.3 Å². The summed E-state index contributed by atoms with van der Waals surface area (Å²) >= 11 is 0. The third kappa shape index (κ3) is 3.88. The number of hydrogen-bond acceptors (Lipinski definition) is 4. The quantitative estimate of drug-likeness (QED) is 0.668. The fourth-order valence-electron chi connectivity index (χ4n) is 2.56. The smallest absolute Gasteiger partial charge is 0.278 e. The van der Waals surface area contributed by atoms with Crippen molar-refractivity contribution in [2.24, 2.45) is 0 Å². The van der Waals surface area contributed by atoms with Crippen LogP contribution >= 0.6 is 0 Å². The molecule has 0 aliphatic carbocycles. The van der Waals surface area contributed by atoms with Gasteiger partial charge in [-0.3, -0.25) is 9.59 Å². The third-order valence-corrected chi connectivity index (χ3v) is 3.95. The Hall–Kier alpha value is -3.99. The highest BCUT2D eigenvalue weighted by molar-refractivity contribution is 6.08. The number of nitrogens with zero attached hydrogens (tertiary/aromatic N) is 3. The number of hydrogen-bond donors (Lipinski definition) is 2. The van der Waals surface area contributed by atoms with Gasteiger partial charge in [0.05, 0.1) is 29.2 Å². The monoisotopic (exact) mass is 377 g/mol. The van der Waals surface area contributed by atoms with E-state index in [4.69, 9.17) is 6.42 Å². The minimum absolute atomic E-state index is 0.0756. The van der Waals surface area contributed by atoms with Gasteiger partial charge in [0.15, 0.2) is 5.69 Å². The predicted molar refractivity (Wildman–Crippen MR) is 102 cm³/mol. The Morgan fingerprint density at radius 3 is 2.57 bits per heavy atom. The summed E-state index contributed by atoms with van der Waals surface area (Å²) in [6, 6.07) is 12.2. The first-order chi connectivity index (χ1) is 13.5. The van der Waals surface area contributed by atoms with Gasteiger partial charge in [0.1, 0.15) is 5.82 Å². The summed E-state index contributed by atoms with van der Waals surface area (Å²) in [4.78, 5) is 24.9. The van der Waals surface area contributed by atoms with Crippen LogP contribution in [-0.2, 0) is 0 Å². The number of amides is 2. The standard InChI is InChI=1S/C20H16FN5O2/c1-3-12-22-19(27)16-6-4-5-7-17(16)23-20(28)18-13(2)26(25-24-18)15-10-8-14(21)9-11-15/h1,4-11H,12H2,2H3,(H,22,27)(H,23,28). The average Bonchev–Trinajstić information content (AvgIpc) is 3.08. The molecule has 0 aliphatic heterocycles. The average molecular weight is 377 g/mol. The zero-order chi connectivity index (χ0) is 20.1. The van der Waals surface area contributed by atoms with Crippen LogP contribution in [0.2, 0.25) is 0 Å². The van der Waals surface area contributed by atoms with Crippen LogP contribution in [0.25, 0.3) is 5.69 Å². The summed E-state index contributed by atoms with van der Waals surface area (Å²) in [5.74, 6) is 1.02. The highest BCUT2D eigenvalue weighted by Crippen LogP contribution is 2.18. The molecule has 3 rings (SSSR count). The minimum Gasteiger partial charge on any atom is -0.341 e. The number of anilines is 1. The largest absolute Gasteiger partial charge is 0.341 e. The van der Waals surface area contributed by atoms with Gasteiger partial charge in [0, 0.05) is 0 Å². The molecule has 2 amide bonds. The lowest BCUT2D eigenvalue weighted by Crippen LogP contribution is -2.25. The summed E-state index contributed by atoms with van der Waals surface area (Å²) in [5, 5.41) is 13.1. The molecule has 0 saturated carbocycles. The fourth-order valence-corrected chi connectivity index (χ4v) is 2.56. The van der Waals surface area contributed by atoms with Gasteiger partial charge in [-0.15, -0.1) is 11.5 Å². The second-order valence-electron chi connectivity index (χ2n) is 5.80. The zero-order valence-electron chi connectivity index (χ0n) is 14.9. The van der Waals surface area contributed by atoms with E-state index in [0.717, 1.165) is 0 Å². The van der Waals surface area contributed by atoms with Crippen molar-refractivity contribution in [3.63, 3.8) is 0 Å². The number of rotatable bonds is 5. The Kier molecular flexibility index (Phi) is 5.46. The van der Waals surface area contributed by atoms with Crippen LogP contribution in [-0.4, -0.2) is 33.4 Å². The molecule has 7 nitrogen and oxygen atoms in total. The van der Waals surface area contributed by atoms with Crippen LogP contribution in [0, 0.1) is 25.1 Å². The molecule has 1 heterocycles. The lowest BCUT2D eigenvalue weighted by molar-refractivity contribution is 0.0959. The van der Waals surface area contributed by atoms with Gasteiger partial charge in [0.25, 0.3) is 11.8 Å². The maximum atomic E-state index is 13.1. The number of benzene rings is 2. The summed E-state index contributed by atoms with van der Waals surface area (Å²) in [6.07, 6.45) is 5.15. The van der Waals surface area contributed by atoms with Crippen molar-refractivity contribution in [2.45, 2.75) is 6.92 Å². The summed E-state index contributed by atoms with van der Waals surface area (Å²) in [7, 11) is 0. The zero-order valence-corrected chi connectivity index (χ0v) is 14.9. The van der Waals surface area contributed by atoms with Gasteiger partial charge in [-0.05, 0) is 43.3 Å². The molecule has 0 fully saturated rings. The Morgan fingerprint density at radius 2 is 1.86 bits per heavy atom. The molecule has 0 unspecified atom stereocenters. The second-order valence-corrected chi connectivity index (χ2v) is 5.80. The van der Waals surface area contributed by atoms with Crippen molar-refractivity contribution in [3.8, 4) is 18.0 Å². The Balaban J connectivity index is 1.84. The van der Waals surface area contributed by atoms with E-state index >= 15 is 0 Å². The van der Waals surface area contributed by atoms with Gasteiger partial charge in [-0.2, -0.15) is 0 Å². The molecule has 2 N–H and O–H groups in total. The van der Waals surface area contributed by atoms with E-state index in [-0.39, 0.29) is 23.6 Å². The van der Waals surface area contributed by atoms with E-state index in [2.05, 4.69) is 26.9 Å². The van der Waals surface area contributed by atoms with Crippen molar-refractivity contribution in [1.29, 1.82) is 0 Å². The van der Waals surface area contributed by atoms with Crippen LogP contribution in [0.3, 0.4) is 0 Å². The Labute approximate surface area is 160 Å². The number of terminal acetylenes is 1. The Morgan fingerprint density at radius 1 is 1.14 bits per heavy atom. The number of carbonyl (C=O) groups is 2. The molecule has 140 valence electrons. The van der Waals surface area contributed by atoms with Crippen LogP contribution < -0.4 is 10.6 Å². The van der Waals surface area contributed by atoms with Crippen LogP contribution in [0.4, 0.5) is 10.1 Å². The van der Waals surface area contributed by atoms with Crippen LogP contribution in [0.1, 0.15) is 26.5 Å². The van der Waals surface area contributed by atoms with E-state index in [1.807, 2.05) is 0 Å². The maximum Gasteiger partial charge on any atom is 0.278 e. The van der Waals surface area contributed by atoms with Crippen molar-refractivity contribution in [2.75, 3.05) is 11.9 Å². The molecule has 3 aromatic rings. The first kappa shape index (κ1) is 18.8. The van der Waals surface area contributed by atoms with E-state index in [0.29, 0.717) is 17.1 Å². The normalized spacial score (nSPS) is 10.2. The van der Waals surface area contributed by atoms with Gasteiger partial charge < -0.3 is 10.6 Å². The fraction of sp³-hybridized carbons (Fsp3) is 0.100. The minimum atomic E-state index is -0.525. The van der Waals surface area contributed by atoms with E-state index in [9.17, 15) is 14.0 Å². The molecular weight excluding hydrogens is 361 g/mol. The van der Waals surface area contributed by atoms with Crippen molar-refractivity contribution < 1.29 is 14.0 Å². The maximum absolute atomic E-state index is 13.1. The van der Waals surface area contributed by atoms with Gasteiger partial charge in [-0.1, -0.05) is 23.3 Å². The number of para-hydroxylation sites is 1. The van der Waals surface area contributed by atoms with Gasteiger partial charge >= 0.3 is 0 Å². The third-order valence-electron chi connectivity index (χ3n) is 3.95. The topological polar surface area (TPSA) is 88.9 Å². The number of nitrogens with one attached hydrogen (secondary N) is 2. The first-order valence-electron chi connectivity index (χ1n) is 8.31. The van der Waals surface area contributed by atoms with Crippen molar-refractivity contribution >= 4 is 17.5 Å². The molecular formula is C20H16FN5O2. The highest BCUT2D eigenvalue weighted by atomic mass is 19.1. The van der Waals surface area contributed by atoms with Crippen LogP contribution in [0.5, 0.6) is 0 Å². The van der Waals surface area contributed by atoms with Crippen molar-refractivity contribution in [3.05, 3.63) is 71.3 Å². The van der Waals surface area contributed by atoms with Gasteiger partial charge in [0.2, 0.25) is 0 Å². The molecule has 0 spiro atoms. The summed E-state index contributed by atoms with van der Waals surface area (Å²) in [5.41, 5.74) is 1.72. The van der Waals surface area contributed by atoms with E-state index < -0.39 is 11.8 Å². The molecule has 0 radical (unpaired) electrons. The second kappa shape index (κ2) is 8.14. The number of halogens is 1. The molecule has 2 aromatic carbocycles. The SMILES string of the molecule is C#CCNC(=O)c1ccccc1NC(=O)c1nnn(-c2ccc(F)cc2)c1C. The molecule has 8 heteroatoms. The molecule has 0 bridgehead atoms. The first-order valence-corrected chi connectivity index (χ1v) is 8.31. The van der Waals surface area contributed by atoms with E-state index in [1.165, 1.54) is 28.9 Å².